The van der Waals surface area contributed by atoms with E-state index in [1.807, 2.05) is 13.8 Å². The number of allylic oxidation sites excluding steroid dienone is 1. The van der Waals surface area contributed by atoms with Crippen molar-refractivity contribution in [2.75, 3.05) is 0 Å². The lowest BCUT2D eigenvalue weighted by atomic mass is 9.54. The highest BCUT2D eigenvalue weighted by Crippen LogP contribution is 2.53. The van der Waals surface area contributed by atoms with E-state index in [4.69, 9.17) is 0 Å². The fourth-order valence-corrected chi connectivity index (χ4v) is 4.49. The second-order valence-electron chi connectivity index (χ2n) is 7.43. The number of aromatic hydroxyl groups is 3. The van der Waals surface area contributed by atoms with Gasteiger partial charge in [0.05, 0.1) is 6.10 Å². The van der Waals surface area contributed by atoms with E-state index in [0.29, 0.717) is 12.0 Å². The molecule has 2 aliphatic carbocycles. The molecule has 24 heavy (non-hydrogen) atoms. The smallest absolute Gasteiger partial charge is 0.200 e. The van der Waals surface area contributed by atoms with Crippen molar-refractivity contribution >= 4 is 11.9 Å². The molecule has 0 aliphatic heterocycles. The zero-order valence-electron chi connectivity index (χ0n) is 14.0. The molecule has 0 amide bonds. The van der Waals surface area contributed by atoms with Crippen LogP contribution in [0.2, 0.25) is 0 Å². The van der Waals surface area contributed by atoms with Crippen LogP contribution in [0.4, 0.5) is 0 Å². The van der Waals surface area contributed by atoms with Crippen LogP contribution in [0.3, 0.4) is 0 Å². The summed E-state index contributed by atoms with van der Waals surface area (Å²) in [5, 5.41) is 39.6. The van der Waals surface area contributed by atoms with Crippen LogP contribution in [0.25, 0.3) is 6.08 Å². The van der Waals surface area contributed by atoms with Gasteiger partial charge in [-0.3, -0.25) is 4.79 Å². The molecule has 4 atom stereocenters. The second kappa shape index (κ2) is 5.81. The number of phenolic OH excluding ortho intramolecular Hbond substituents is 3. The molecule has 2 saturated carbocycles. The molecule has 0 spiro atoms. The van der Waals surface area contributed by atoms with Gasteiger partial charge < -0.3 is 20.4 Å². The maximum absolute atomic E-state index is 12.8. The number of Topliss-reactive ketones (excluding diaryl/α,β-unsaturated/α-hetero) is 1. The maximum atomic E-state index is 12.8. The third-order valence-electron chi connectivity index (χ3n) is 6.00. The summed E-state index contributed by atoms with van der Waals surface area (Å²) in [5.74, 6) is -1.45. The molecule has 1 aromatic rings. The number of hydrogen-bond acceptors (Lipinski definition) is 5. The fraction of sp³-hybridized carbons (Fsp3) is 0.526. The maximum Gasteiger partial charge on any atom is 0.200 e. The number of rotatable bonds is 1. The Hall–Kier alpha value is -2.01. The first-order valence-corrected chi connectivity index (χ1v) is 8.42. The lowest BCUT2D eigenvalue weighted by Crippen LogP contribution is -2.51. The summed E-state index contributed by atoms with van der Waals surface area (Å²) in [6.45, 7) is 3.94. The van der Waals surface area contributed by atoms with Crippen LogP contribution in [0.1, 0.15) is 45.1 Å². The molecule has 1 aromatic carbocycles. The third-order valence-corrected chi connectivity index (χ3v) is 6.00. The van der Waals surface area contributed by atoms with Crippen molar-refractivity contribution in [3.8, 4) is 17.2 Å². The minimum Gasteiger partial charge on any atom is -0.504 e. The van der Waals surface area contributed by atoms with Crippen molar-refractivity contribution in [3.63, 3.8) is 0 Å². The van der Waals surface area contributed by atoms with Gasteiger partial charge >= 0.3 is 0 Å². The van der Waals surface area contributed by atoms with Crippen LogP contribution in [-0.4, -0.2) is 32.3 Å². The number of carbonyl (C=O) groups is 1. The first-order chi connectivity index (χ1) is 11.3. The van der Waals surface area contributed by atoms with E-state index in [1.54, 1.807) is 6.08 Å². The number of carbonyl (C=O) groups excluding carboxylic acids is 1. The Morgan fingerprint density at radius 2 is 1.88 bits per heavy atom. The van der Waals surface area contributed by atoms with Gasteiger partial charge in [-0.05, 0) is 49.0 Å². The molecule has 2 aliphatic rings. The average Bonchev–Trinajstić information content (AvgIpc) is 2.55. The van der Waals surface area contributed by atoms with Crippen molar-refractivity contribution in [2.45, 2.75) is 45.6 Å². The van der Waals surface area contributed by atoms with Gasteiger partial charge in [-0.25, -0.2) is 0 Å². The highest BCUT2D eigenvalue weighted by atomic mass is 16.3. The lowest BCUT2D eigenvalue weighted by molar-refractivity contribution is -0.133. The standard InChI is InChI=1S/C19H24O5/c1-10-13-4-3-5-15(21)19(13,2)9-12(16(10)22)8-11-6-7-14(20)18(24)17(11)23/h6-8,10,13,15,20-21,23-24H,3-5,9H2,1-2H3/b12-8+/t10?,13?,15-,19-/m0/s1. The molecule has 3 rings (SSSR count). The molecular weight excluding hydrogens is 308 g/mol. The van der Waals surface area contributed by atoms with Crippen molar-refractivity contribution in [1.82, 2.24) is 0 Å². The van der Waals surface area contributed by atoms with Crippen LogP contribution >= 0.6 is 0 Å². The Bertz CT molecular complexity index is 708. The van der Waals surface area contributed by atoms with Gasteiger partial charge in [0.1, 0.15) is 0 Å². The van der Waals surface area contributed by atoms with Crippen molar-refractivity contribution in [2.24, 2.45) is 17.3 Å². The minimum absolute atomic E-state index is 0.0264. The monoisotopic (exact) mass is 332 g/mol. The van der Waals surface area contributed by atoms with Gasteiger partial charge in [-0.2, -0.15) is 0 Å². The number of phenols is 3. The summed E-state index contributed by atoms with van der Waals surface area (Å²) >= 11 is 0. The molecule has 0 radical (unpaired) electrons. The summed E-state index contributed by atoms with van der Waals surface area (Å²) in [4.78, 5) is 12.8. The molecule has 4 N–H and O–H groups in total. The number of hydrogen-bond donors (Lipinski definition) is 4. The molecular formula is C19H24O5. The second-order valence-corrected chi connectivity index (χ2v) is 7.43. The predicted octanol–water partition coefficient (Wildman–Crippen LogP) is 2.96. The topological polar surface area (TPSA) is 98.0 Å². The number of aliphatic hydroxyl groups excluding tert-OH is 1. The largest absolute Gasteiger partial charge is 0.504 e. The molecule has 2 unspecified atom stereocenters. The highest BCUT2D eigenvalue weighted by molar-refractivity contribution is 6.02. The van der Waals surface area contributed by atoms with Gasteiger partial charge in [0.15, 0.2) is 17.3 Å². The summed E-state index contributed by atoms with van der Waals surface area (Å²) < 4.78 is 0. The van der Waals surface area contributed by atoms with E-state index >= 15 is 0 Å². The van der Waals surface area contributed by atoms with Crippen LogP contribution in [0.5, 0.6) is 17.2 Å². The van der Waals surface area contributed by atoms with Crippen LogP contribution in [-0.2, 0) is 4.79 Å². The summed E-state index contributed by atoms with van der Waals surface area (Å²) in [6.07, 6.45) is 4.19. The van der Waals surface area contributed by atoms with Crippen LogP contribution < -0.4 is 0 Å². The zero-order chi connectivity index (χ0) is 17.6. The van der Waals surface area contributed by atoms with E-state index < -0.39 is 23.4 Å². The number of ketones is 1. The first-order valence-electron chi connectivity index (χ1n) is 8.42. The first kappa shape index (κ1) is 16.8. The van der Waals surface area contributed by atoms with E-state index in [1.165, 1.54) is 12.1 Å². The summed E-state index contributed by atoms with van der Waals surface area (Å²) in [5.41, 5.74) is 0.474. The average molecular weight is 332 g/mol. The van der Waals surface area contributed by atoms with Crippen LogP contribution in [0.15, 0.2) is 17.7 Å². The Morgan fingerprint density at radius 1 is 1.17 bits per heavy atom. The Morgan fingerprint density at radius 3 is 2.58 bits per heavy atom. The molecule has 0 saturated heterocycles. The van der Waals surface area contributed by atoms with Crippen molar-refractivity contribution in [1.29, 1.82) is 0 Å². The zero-order valence-corrected chi connectivity index (χ0v) is 14.0. The molecule has 0 aromatic heterocycles. The summed E-state index contributed by atoms with van der Waals surface area (Å²) in [6, 6.07) is 2.74. The Labute approximate surface area is 141 Å². The van der Waals surface area contributed by atoms with E-state index in [-0.39, 0.29) is 28.6 Å². The molecule has 130 valence electrons. The molecule has 0 bridgehead atoms. The predicted molar refractivity (Wildman–Crippen MR) is 89.7 cm³/mol. The lowest BCUT2D eigenvalue weighted by Gasteiger charge is -2.51. The quantitative estimate of drug-likeness (QED) is 0.468. The number of benzene rings is 1. The molecule has 0 heterocycles. The highest BCUT2D eigenvalue weighted by Gasteiger charge is 2.51. The Kier molecular flexibility index (Phi) is 4.08. The summed E-state index contributed by atoms with van der Waals surface area (Å²) in [7, 11) is 0. The third kappa shape index (κ3) is 2.47. The normalized spacial score (nSPS) is 35.0. The van der Waals surface area contributed by atoms with Gasteiger partial charge in [-0.1, -0.05) is 20.3 Å². The fourth-order valence-electron chi connectivity index (χ4n) is 4.49. The molecule has 5 nitrogen and oxygen atoms in total. The van der Waals surface area contributed by atoms with E-state index in [0.717, 1.165) is 19.3 Å². The van der Waals surface area contributed by atoms with E-state index in [2.05, 4.69) is 0 Å². The van der Waals surface area contributed by atoms with Gasteiger partial charge in [0.2, 0.25) is 5.75 Å². The van der Waals surface area contributed by atoms with E-state index in [9.17, 15) is 25.2 Å². The van der Waals surface area contributed by atoms with Crippen LogP contribution in [0, 0.1) is 17.3 Å². The molecule has 5 heteroatoms. The number of fused-ring (bicyclic) bond motifs is 1. The van der Waals surface area contributed by atoms with Crippen molar-refractivity contribution < 1.29 is 25.2 Å². The minimum atomic E-state index is -0.595. The molecule has 2 fully saturated rings. The van der Waals surface area contributed by atoms with Gasteiger partial charge in [-0.15, -0.1) is 0 Å². The van der Waals surface area contributed by atoms with Gasteiger partial charge in [0.25, 0.3) is 0 Å². The van der Waals surface area contributed by atoms with Gasteiger partial charge in [0, 0.05) is 16.9 Å². The number of aliphatic hydroxyl groups is 1. The van der Waals surface area contributed by atoms with Crippen molar-refractivity contribution in [3.05, 3.63) is 23.3 Å². The Balaban J connectivity index is 2.02. The SMILES string of the molecule is CC1C(=O)/C(=C/c2ccc(O)c(O)c2O)C[C@@]2(C)C1CCC[C@@H]2O.